The summed E-state index contributed by atoms with van der Waals surface area (Å²) < 4.78 is 33.3. The van der Waals surface area contributed by atoms with Crippen molar-refractivity contribution >= 4 is 0 Å². The van der Waals surface area contributed by atoms with Gasteiger partial charge in [-0.05, 0) is 29.3 Å². The van der Waals surface area contributed by atoms with E-state index in [-0.39, 0.29) is 5.75 Å². The molecule has 18 heavy (non-hydrogen) atoms. The van der Waals surface area contributed by atoms with E-state index in [0.717, 1.165) is 5.56 Å². The number of rotatable bonds is 5. The van der Waals surface area contributed by atoms with Gasteiger partial charge in [0.2, 0.25) is 0 Å². The predicted octanol–water partition coefficient (Wildman–Crippen LogP) is 3.16. The van der Waals surface area contributed by atoms with E-state index >= 15 is 0 Å². The van der Waals surface area contributed by atoms with E-state index in [1.807, 2.05) is 0 Å². The summed E-state index contributed by atoms with van der Waals surface area (Å²) in [4.78, 5) is 0. The second-order valence-corrected chi connectivity index (χ2v) is 3.80. The van der Waals surface area contributed by atoms with Gasteiger partial charge in [0.15, 0.2) is 0 Å². The van der Waals surface area contributed by atoms with Crippen molar-refractivity contribution in [2.75, 3.05) is 0 Å². The zero-order valence-electron chi connectivity index (χ0n) is 9.42. The Morgan fingerprint density at radius 2 is 2.11 bits per heavy atom. The fourth-order valence-electron chi connectivity index (χ4n) is 1.65. The number of benzene rings is 1. The van der Waals surface area contributed by atoms with Gasteiger partial charge in [0, 0.05) is 6.42 Å². The molecule has 0 fully saturated rings. The van der Waals surface area contributed by atoms with E-state index < -0.39 is 12.7 Å². The minimum Gasteiger partial charge on any atom is -0.472 e. The van der Waals surface area contributed by atoms with Crippen LogP contribution >= 0.6 is 0 Å². The quantitative estimate of drug-likeness (QED) is 0.891. The van der Waals surface area contributed by atoms with Crippen LogP contribution in [-0.2, 0) is 6.42 Å². The summed E-state index contributed by atoms with van der Waals surface area (Å²) in [6.07, 6.45) is 2.61. The Labute approximate surface area is 103 Å². The lowest BCUT2D eigenvalue weighted by molar-refractivity contribution is -0.0499. The maximum atomic E-state index is 12.1. The molecule has 0 saturated heterocycles. The SMILES string of the molecule is OC(Cc1ccoc1)c1cccc(OC(F)F)c1. The highest BCUT2D eigenvalue weighted by Crippen LogP contribution is 2.23. The molecule has 0 radical (unpaired) electrons. The molecule has 0 aliphatic rings. The highest BCUT2D eigenvalue weighted by atomic mass is 19.3. The van der Waals surface area contributed by atoms with Crippen molar-refractivity contribution in [1.82, 2.24) is 0 Å². The lowest BCUT2D eigenvalue weighted by Crippen LogP contribution is -2.04. The Bertz CT molecular complexity index is 483. The summed E-state index contributed by atoms with van der Waals surface area (Å²) in [6.45, 7) is -2.87. The van der Waals surface area contributed by atoms with Crippen molar-refractivity contribution in [1.29, 1.82) is 0 Å². The van der Waals surface area contributed by atoms with Crippen LogP contribution in [0.2, 0.25) is 0 Å². The van der Waals surface area contributed by atoms with Crippen LogP contribution in [0.25, 0.3) is 0 Å². The first-order valence-corrected chi connectivity index (χ1v) is 5.39. The molecule has 2 aromatic rings. The van der Waals surface area contributed by atoms with Crippen LogP contribution in [0.15, 0.2) is 47.3 Å². The van der Waals surface area contributed by atoms with Gasteiger partial charge >= 0.3 is 6.61 Å². The minimum absolute atomic E-state index is 0.0359. The third-order valence-electron chi connectivity index (χ3n) is 2.48. The van der Waals surface area contributed by atoms with Gasteiger partial charge in [0.05, 0.1) is 18.6 Å². The van der Waals surface area contributed by atoms with Gasteiger partial charge in [0.1, 0.15) is 5.75 Å². The van der Waals surface area contributed by atoms with Crippen molar-refractivity contribution in [2.45, 2.75) is 19.1 Å². The van der Waals surface area contributed by atoms with Gasteiger partial charge in [-0.25, -0.2) is 0 Å². The molecule has 1 aromatic carbocycles. The number of hydrogen-bond donors (Lipinski definition) is 1. The van der Waals surface area contributed by atoms with E-state index in [1.165, 1.54) is 24.7 Å². The molecule has 1 heterocycles. The van der Waals surface area contributed by atoms with E-state index in [4.69, 9.17) is 4.42 Å². The molecule has 1 aromatic heterocycles. The molecule has 0 spiro atoms. The maximum absolute atomic E-state index is 12.1. The van der Waals surface area contributed by atoms with Gasteiger partial charge in [-0.3, -0.25) is 0 Å². The molecule has 1 atom stereocenters. The van der Waals surface area contributed by atoms with Crippen LogP contribution in [0.4, 0.5) is 8.78 Å². The van der Waals surface area contributed by atoms with Crippen LogP contribution in [0.5, 0.6) is 5.75 Å². The number of aliphatic hydroxyl groups is 1. The third-order valence-corrected chi connectivity index (χ3v) is 2.48. The average Bonchev–Trinajstić information content (AvgIpc) is 2.81. The largest absolute Gasteiger partial charge is 0.472 e. The van der Waals surface area contributed by atoms with Gasteiger partial charge in [-0.15, -0.1) is 0 Å². The van der Waals surface area contributed by atoms with Crippen molar-refractivity contribution < 1.29 is 23.0 Å². The first kappa shape index (κ1) is 12.6. The minimum atomic E-state index is -2.87. The van der Waals surface area contributed by atoms with Gasteiger partial charge in [0.25, 0.3) is 0 Å². The summed E-state index contributed by atoms with van der Waals surface area (Å²) in [5.41, 5.74) is 1.36. The Morgan fingerprint density at radius 1 is 1.28 bits per heavy atom. The lowest BCUT2D eigenvalue weighted by Gasteiger charge is -2.11. The molecule has 1 N–H and O–H groups in total. The lowest BCUT2D eigenvalue weighted by atomic mass is 10.0. The van der Waals surface area contributed by atoms with Crippen molar-refractivity contribution in [2.24, 2.45) is 0 Å². The fourth-order valence-corrected chi connectivity index (χ4v) is 1.65. The highest BCUT2D eigenvalue weighted by molar-refractivity contribution is 5.30. The van der Waals surface area contributed by atoms with Crippen LogP contribution in [0.3, 0.4) is 0 Å². The summed E-state index contributed by atoms with van der Waals surface area (Å²) in [6, 6.07) is 7.77. The molecule has 2 rings (SSSR count). The van der Waals surface area contributed by atoms with Crippen LogP contribution in [0, 0.1) is 0 Å². The molecule has 96 valence electrons. The molecule has 3 nitrogen and oxygen atoms in total. The summed E-state index contributed by atoms with van der Waals surface area (Å²) in [7, 11) is 0. The van der Waals surface area contributed by atoms with E-state index in [0.29, 0.717) is 12.0 Å². The van der Waals surface area contributed by atoms with Crippen molar-refractivity contribution in [3.63, 3.8) is 0 Å². The zero-order chi connectivity index (χ0) is 13.0. The Morgan fingerprint density at radius 3 is 2.78 bits per heavy atom. The molecule has 0 bridgehead atoms. The van der Waals surface area contributed by atoms with Gasteiger partial charge in [-0.2, -0.15) is 8.78 Å². The third kappa shape index (κ3) is 3.30. The molecular formula is C13H12F2O3. The molecule has 1 unspecified atom stereocenters. The fraction of sp³-hybridized carbons (Fsp3) is 0.231. The summed E-state index contributed by atoms with van der Waals surface area (Å²) in [5.74, 6) is 0.0359. The second-order valence-electron chi connectivity index (χ2n) is 3.80. The Balaban J connectivity index is 2.07. The number of ether oxygens (including phenoxy) is 1. The summed E-state index contributed by atoms with van der Waals surface area (Å²) in [5, 5.41) is 9.97. The second kappa shape index (κ2) is 5.64. The van der Waals surface area contributed by atoms with Gasteiger partial charge in [-0.1, -0.05) is 12.1 Å². The van der Waals surface area contributed by atoms with E-state index in [2.05, 4.69) is 4.74 Å². The number of halogens is 2. The van der Waals surface area contributed by atoms with Crippen LogP contribution in [0.1, 0.15) is 17.2 Å². The smallest absolute Gasteiger partial charge is 0.387 e. The van der Waals surface area contributed by atoms with E-state index in [9.17, 15) is 13.9 Å². The zero-order valence-corrected chi connectivity index (χ0v) is 9.42. The Hall–Kier alpha value is -1.88. The summed E-state index contributed by atoms with van der Waals surface area (Å²) >= 11 is 0. The molecule has 5 heteroatoms. The van der Waals surface area contributed by atoms with Gasteiger partial charge < -0.3 is 14.3 Å². The monoisotopic (exact) mass is 254 g/mol. The predicted molar refractivity (Wildman–Crippen MR) is 60.4 cm³/mol. The number of furan rings is 1. The molecular weight excluding hydrogens is 242 g/mol. The molecule has 0 aliphatic heterocycles. The van der Waals surface area contributed by atoms with Crippen molar-refractivity contribution in [3.05, 3.63) is 54.0 Å². The van der Waals surface area contributed by atoms with Crippen LogP contribution in [-0.4, -0.2) is 11.7 Å². The molecule has 0 aliphatic carbocycles. The average molecular weight is 254 g/mol. The highest BCUT2D eigenvalue weighted by Gasteiger charge is 2.11. The van der Waals surface area contributed by atoms with E-state index in [1.54, 1.807) is 18.2 Å². The molecule has 0 saturated carbocycles. The molecule has 0 amide bonds. The normalized spacial score (nSPS) is 12.7. The number of hydrogen-bond acceptors (Lipinski definition) is 3. The standard InChI is InChI=1S/C13H12F2O3/c14-13(15)18-11-3-1-2-10(7-11)12(16)6-9-4-5-17-8-9/h1-5,7-8,12-13,16H,6H2. The van der Waals surface area contributed by atoms with Crippen LogP contribution < -0.4 is 4.74 Å². The maximum Gasteiger partial charge on any atom is 0.387 e. The topological polar surface area (TPSA) is 42.6 Å². The first-order chi connectivity index (χ1) is 8.65. The van der Waals surface area contributed by atoms with Crippen molar-refractivity contribution in [3.8, 4) is 5.75 Å². The first-order valence-electron chi connectivity index (χ1n) is 5.39. The Kier molecular flexibility index (Phi) is 3.94. The number of alkyl halides is 2. The number of aliphatic hydroxyl groups excluding tert-OH is 1.